The van der Waals surface area contributed by atoms with Crippen molar-refractivity contribution in [3.05, 3.63) is 88.1 Å². The van der Waals surface area contributed by atoms with Crippen LogP contribution >= 0.6 is 12.4 Å². The molecule has 0 aromatic heterocycles. The van der Waals surface area contributed by atoms with Gasteiger partial charge in [0.05, 0.1) is 11.4 Å². The highest BCUT2D eigenvalue weighted by atomic mass is 35.5. The zero-order valence-electron chi connectivity index (χ0n) is 23.3. The predicted octanol–water partition coefficient (Wildman–Crippen LogP) is 5.61. The summed E-state index contributed by atoms with van der Waals surface area (Å²) in [7, 11) is 3.77. The summed E-state index contributed by atoms with van der Waals surface area (Å²) in [5, 5.41) is 5.81. The fourth-order valence-corrected chi connectivity index (χ4v) is 3.92. The third-order valence-corrected chi connectivity index (χ3v) is 5.86. The van der Waals surface area contributed by atoms with Crippen molar-refractivity contribution in [1.29, 1.82) is 0 Å². The van der Waals surface area contributed by atoms with Crippen LogP contribution in [0.25, 0.3) is 0 Å². The molecule has 1 aliphatic rings. The van der Waals surface area contributed by atoms with Crippen molar-refractivity contribution in [2.75, 3.05) is 33.8 Å². The molecule has 0 aliphatic carbocycles. The SMILES string of the molecule is CCNC(=O)OC1=C(C)NC(C)=C(OC(=O)OCCN(C)C)C1c1ccccc1OCc1ccc(C)cc1.Cl. The number of hydrogen-bond donors (Lipinski definition) is 2. The van der Waals surface area contributed by atoms with Gasteiger partial charge in [0, 0.05) is 18.7 Å². The van der Waals surface area contributed by atoms with Crippen LogP contribution in [0.2, 0.25) is 0 Å². The maximum absolute atomic E-state index is 12.7. The topological polar surface area (TPSA) is 98.4 Å². The van der Waals surface area contributed by atoms with Gasteiger partial charge in [-0.05, 0) is 53.4 Å². The molecule has 2 aromatic carbocycles. The van der Waals surface area contributed by atoms with E-state index in [1.54, 1.807) is 20.8 Å². The number of alkyl carbamates (subject to hydrolysis) is 1. The molecular weight excluding hydrogens is 522 g/mol. The molecule has 1 amide bonds. The molecule has 9 nitrogen and oxygen atoms in total. The number of aryl methyl sites for hydroxylation is 1. The molecule has 212 valence electrons. The molecule has 0 saturated heterocycles. The van der Waals surface area contributed by atoms with E-state index in [9.17, 15) is 9.59 Å². The second-order valence-electron chi connectivity index (χ2n) is 9.27. The van der Waals surface area contributed by atoms with Crippen LogP contribution in [0, 0.1) is 6.92 Å². The number of carbonyl (C=O) groups is 2. The van der Waals surface area contributed by atoms with Crippen molar-refractivity contribution in [3.8, 4) is 5.75 Å². The minimum Gasteiger partial charge on any atom is -0.489 e. The molecule has 2 N–H and O–H groups in total. The smallest absolute Gasteiger partial charge is 0.489 e. The third-order valence-electron chi connectivity index (χ3n) is 5.86. The Kier molecular flexibility index (Phi) is 12.2. The lowest BCUT2D eigenvalue weighted by Gasteiger charge is -2.31. The Morgan fingerprint density at radius 3 is 2.23 bits per heavy atom. The van der Waals surface area contributed by atoms with E-state index in [2.05, 4.69) is 10.6 Å². The monoisotopic (exact) mass is 559 g/mol. The second-order valence-corrected chi connectivity index (χ2v) is 9.27. The van der Waals surface area contributed by atoms with Crippen LogP contribution in [0.5, 0.6) is 5.75 Å². The first-order chi connectivity index (χ1) is 18.2. The van der Waals surface area contributed by atoms with E-state index < -0.39 is 18.2 Å². The molecule has 3 rings (SSSR count). The first-order valence-corrected chi connectivity index (χ1v) is 12.6. The van der Waals surface area contributed by atoms with Crippen LogP contribution in [0.15, 0.2) is 71.4 Å². The highest BCUT2D eigenvalue weighted by Crippen LogP contribution is 2.43. The number of benzene rings is 2. The van der Waals surface area contributed by atoms with E-state index in [0.717, 1.165) is 11.1 Å². The summed E-state index contributed by atoms with van der Waals surface area (Å²) >= 11 is 0. The Balaban J connectivity index is 0.00000533. The van der Waals surface area contributed by atoms with Gasteiger partial charge >= 0.3 is 12.2 Å². The average Bonchev–Trinajstić information content (AvgIpc) is 2.87. The van der Waals surface area contributed by atoms with Crippen LogP contribution in [-0.2, 0) is 20.8 Å². The lowest BCUT2D eigenvalue weighted by Crippen LogP contribution is -2.32. The number of amides is 1. The number of allylic oxidation sites excluding steroid dienone is 2. The van der Waals surface area contributed by atoms with Gasteiger partial charge < -0.3 is 34.5 Å². The molecular formula is C29H38ClN3O6. The fraction of sp³-hybridized carbons (Fsp3) is 0.379. The second kappa shape index (κ2) is 15.0. The Morgan fingerprint density at radius 2 is 1.59 bits per heavy atom. The quantitative estimate of drug-likeness (QED) is 0.363. The van der Waals surface area contributed by atoms with Gasteiger partial charge in [0.2, 0.25) is 0 Å². The van der Waals surface area contributed by atoms with Crippen LogP contribution < -0.4 is 15.4 Å². The number of ether oxygens (including phenoxy) is 4. The lowest BCUT2D eigenvalue weighted by atomic mass is 9.90. The number of hydrogen-bond acceptors (Lipinski definition) is 8. The molecule has 1 heterocycles. The summed E-state index contributed by atoms with van der Waals surface area (Å²) < 4.78 is 23.0. The molecule has 10 heteroatoms. The summed E-state index contributed by atoms with van der Waals surface area (Å²) in [6, 6.07) is 15.5. The van der Waals surface area contributed by atoms with E-state index in [1.807, 2.05) is 74.4 Å². The molecule has 1 unspecified atom stereocenters. The lowest BCUT2D eigenvalue weighted by molar-refractivity contribution is 0.0657. The van der Waals surface area contributed by atoms with Gasteiger partial charge in [-0.1, -0.05) is 48.0 Å². The first-order valence-electron chi connectivity index (χ1n) is 12.6. The van der Waals surface area contributed by atoms with Gasteiger partial charge in [0.15, 0.2) is 0 Å². The predicted molar refractivity (Wildman–Crippen MR) is 152 cm³/mol. The average molecular weight is 560 g/mol. The number of nitrogens with zero attached hydrogens (tertiary/aromatic N) is 1. The first kappa shape index (κ1) is 31.5. The van der Waals surface area contributed by atoms with E-state index >= 15 is 0 Å². The standard InChI is InChI=1S/C29H37N3O6.ClH/c1-7-30-28(33)37-26-20(3)31-21(4)27(38-29(34)35-17-16-32(5)6)25(26)23-10-8-9-11-24(23)36-18-22-14-12-19(2)13-15-22;/h8-15,25,31H,7,16-18H2,1-6H3,(H,30,33);1H. The van der Waals surface area contributed by atoms with Gasteiger partial charge in [-0.15, -0.1) is 12.4 Å². The number of para-hydroxylation sites is 1. The van der Waals surface area contributed by atoms with Gasteiger partial charge in [-0.2, -0.15) is 0 Å². The van der Waals surface area contributed by atoms with Crippen LogP contribution in [0.4, 0.5) is 9.59 Å². The molecule has 1 atom stereocenters. The minimum absolute atomic E-state index is 0. The fourth-order valence-electron chi connectivity index (χ4n) is 3.92. The molecule has 1 aliphatic heterocycles. The summed E-state index contributed by atoms with van der Waals surface area (Å²) in [5.41, 5.74) is 4.05. The summed E-state index contributed by atoms with van der Waals surface area (Å²) in [6.45, 7) is 8.88. The Bertz CT molecular complexity index is 1190. The van der Waals surface area contributed by atoms with Crippen molar-refractivity contribution in [3.63, 3.8) is 0 Å². The maximum atomic E-state index is 12.7. The minimum atomic E-state index is -0.844. The van der Waals surface area contributed by atoms with Crippen LogP contribution in [0.1, 0.15) is 43.4 Å². The summed E-state index contributed by atoms with van der Waals surface area (Å²) in [4.78, 5) is 27.0. The normalized spacial score (nSPS) is 14.8. The van der Waals surface area contributed by atoms with E-state index in [4.69, 9.17) is 18.9 Å². The molecule has 39 heavy (non-hydrogen) atoms. The van der Waals surface area contributed by atoms with Crippen LogP contribution in [-0.4, -0.2) is 50.9 Å². The molecule has 0 bridgehead atoms. The van der Waals surface area contributed by atoms with Crippen LogP contribution in [0.3, 0.4) is 0 Å². The maximum Gasteiger partial charge on any atom is 0.513 e. The zero-order chi connectivity index (χ0) is 27.7. The molecule has 0 radical (unpaired) electrons. The summed E-state index contributed by atoms with van der Waals surface area (Å²) in [5.74, 6) is 0.384. The van der Waals surface area contributed by atoms with Crippen molar-refractivity contribution in [1.82, 2.24) is 15.5 Å². The highest BCUT2D eigenvalue weighted by molar-refractivity contribution is 5.85. The number of dihydropyridines is 1. The third kappa shape index (κ3) is 8.94. The molecule has 2 aromatic rings. The summed E-state index contributed by atoms with van der Waals surface area (Å²) in [6.07, 6.45) is -1.46. The number of rotatable bonds is 10. The Labute approximate surface area is 236 Å². The number of likely N-dealkylation sites (N-methyl/N-ethyl adjacent to an activating group) is 1. The van der Waals surface area contributed by atoms with Crippen molar-refractivity contribution in [2.45, 2.75) is 40.2 Å². The van der Waals surface area contributed by atoms with Crippen molar-refractivity contribution in [2.24, 2.45) is 0 Å². The van der Waals surface area contributed by atoms with Gasteiger partial charge in [0.25, 0.3) is 0 Å². The van der Waals surface area contributed by atoms with Crippen molar-refractivity contribution >= 4 is 24.7 Å². The largest absolute Gasteiger partial charge is 0.513 e. The van der Waals surface area contributed by atoms with E-state index in [1.165, 1.54) is 0 Å². The molecule has 0 fully saturated rings. The zero-order valence-corrected chi connectivity index (χ0v) is 24.1. The van der Waals surface area contributed by atoms with Crippen molar-refractivity contribution < 1.29 is 28.5 Å². The highest BCUT2D eigenvalue weighted by Gasteiger charge is 2.37. The van der Waals surface area contributed by atoms with Gasteiger partial charge in [-0.25, -0.2) is 9.59 Å². The Morgan fingerprint density at radius 1 is 0.949 bits per heavy atom. The molecule has 0 saturated carbocycles. The number of carbonyl (C=O) groups excluding carboxylic acids is 2. The van der Waals surface area contributed by atoms with E-state index in [0.29, 0.717) is 48.2 Å². The van der Waals surface area contributed by atoms with Gasteiger partial charge in [0.1, 0.15) is 36.4 Å². The number of nitrogens with one attached hydrogen (secondary N) is 2. The number of halogens is 1. The Hall–Kier alpha value is -3.69. The molecule has 0 spiro atoms. The van der Waals surface area contributed by atoms with Gasteiger partial charge in [-0.3, -0.25) is 0 Å². The van der Waals surface area contributed by atoms with E-state index in [-0.39, 0.29) is 24.8 Å².